The summed E-state index contributed by atoms with van der Waals surface area (Å²) in [5, 5.41) is 1.12. The van der Waals surface area contributed by atoms with E-state index in [0.717, 1.165) is 46.9 Å². The third kappa shape index (κ3) is 5.96. The van der Waals surface area contributed by atoms with Gasteiger partial charge in [0.05, 0.1) is 31.6 Å². The molecule has 8 heteroatoms. The molecule has 0 bridgehead atoms. The number of ether oxygens (including phenoxy) is 2. The zero-order valence-corrected chi connectivity index (χ0v) is 27.0. The molecule has 2 fully saturated rings. The van der Waals surface area contributed by atoms with Crippen molar-refractivity contribution in [3.05, 3.63) is 70.4 Å². The van der Waals surface area contributed by atoms with Crippen LogP contribution in [0.15, 0.2) is 53.7 Å². The number of hydrogen-bond acceptors (Lipinski definition) is 6. The van der Waals surface area contributed by atoms with Crippen LogP contribution < -0.4 is 4.74 Å². The minimum Gasteiger partial charge on any atom is -0.497 e. The molecule has 0 radical (unpaired) electrons. The summed E-state index contributed by atoms with van der Waals surface area (Å²) >= 11 is 0. The maximum Gasteiger partial charge on any atom is 0.259 e. The summed E-state index contributed by atoms with van der Waals surface area (Å²) < 4.78 is 13.7. The number of carbonyl (C=O) groups is 3. The number of amides is 1. The highest BCUT2D eigenvalue weighted by atomic mass is 16.5. The lowest BCUT2D eigenvalue weighted by Crippen LogP contribution is -2.49. The van der Waals surface area contributed by atoms with Gasteiger partial charge in [-0.15, -0.1) is 0 Å². The fourth-order valence-electron chi connectivity index (χ4n) is 7.43. The largest absolute Gasteiger partial charge is 0.497 e. The van der Waals surface area contributed by atoms with Crippen LogP contribution >= 0.6 is 0 Å². The van der Waals surface area contributed by atoms with Gasteiger partial charge in [0, 0.05) is 61.0 Å². The smallest absolute Gasteiger partial charge is 0.259 e. The Morgan fingerprint density at radius 3 is 2.40 bits per heavy atom. The highest BCUT2D eigenvalue weighted by Crippen LogP contribution is 2.47. The zero-order valence-electron chi connectivity index (χ0n) is 27.0. The molecule has 8 nitrogen and oxygen atoms in total. The van der Waals surface area contributed by atoms with Gasteiger partial charge < -0.3 is 23.8 Å². The third-order valence-corrected chi connectivity index (χ3v) is 9.31. The quantitative estimate of drug-likeness (QED) is 0.137. The van der Waals surface area contributed by atoms with Gasteiger partial charge in [-0.25, -0.2) is 0 Å². The number of allylic oxidation sites excluding steroid dienone is 1. The van der Waals surface area contributed by atoms with Gasteiger partial charge in [0.25, 0.3) is 5.91 Å². The van der Waals surface area contributed by atoms with E-state index in [1.165, 1.54) is 24.8 Å². The maximum atomic E-state index is 14.6. The number of rotatable bonds is 7. The number of nitrogens with zero attached hydrogens (tertiary/aromatic N) is 3. The molecule has 45 heavy (non-hydrogen) atoms. The van der Waals surface area contributed by atoms with Crippen molar-refractivity contribution < 1.29 is 23.9 Å². The predicted molar refractivity (Wildman–Crippen MR) is 176 cm³/mol. The number of Topliss-reactive ketones (excluding diaryl/α,β-unsaturated/α-hetero) is 1. The van der Waals surface area contributed by atoms with Gasteiger partial charge in [-0.2, -0.15) is 0 Å². The first kappa shape index (κ1) is 30.8. The Hall–Kier alpha value is -4.17. The van der Waals surface area contributed by atoms with Crippen LogP contribution in [0.4, 0.5) is 0 Å². The van der Waals surface area contributed by atoms with Crippen LogP contribution in [-0.2, 0) is 20.9 Å². The summed E-state index contributed by atoms with van der Waals surface area (Å²) in [6.45, 7) is 5.01. The first-order valence-corrected chi connectivity index (χ1v) is 16.1. The van der Waals surface area contributed by atoms with Crippen molar-refractivity contribution >= 4 is 35.0 Å². The van der Waals surface area contributed by atoms with Crippen molar-refractivity contribution in [3.8, 4) is 17.0 Å². The first-order valence-electron chi connectivity index (χ1n) is 16.1. The molecule has 2 unspecified atom stereocenters. The second kappa shape index (κ2) is 12.7. The molecule has 1 saturated carbocycles. The molecule has 1 saturated heterocycles. The molecule has 1 aromatic heterocycles. The van der Waals surface area contributed by atoms with Crippen molar-refractivity contribution in [2.24, 2.45) is 0 Å². The van der Waals surface area contributed by atoms with Crippen molar-refractivity contribution in [2.45, 2.75) is 70.6 Å². The van der Waals surface area contributed by atoms with Crippen molar-refractivity contribution in [1.82, 2.24) is 14.4 Å². The van der Waals surface area contributed by atoms with E-state index in [2.05, 4.69) is 16.7 Å². The average Bonchev–Trinajstić information content (AvgIpc) is 3.24. The molecule has 3 aromatic rings. The predicted octanol–water partition coefficient (Wildman–Crippen LogP) is 6.22. The van der Waals surface area contributed by atoms with Crippen LogP contribution in [0, 0.1) is 0 Å². The summed E-state index contributed by atoms with van der Waals surface area (Å²) in [5.41, 5.74) is 6.40. The summed E-state index contributed by atoms with van der Waals surface area (Å²) in [7, 11) is 5.28. The van der Waals surface area contributed by atoms with Gasteiger partial charge >= 0.3 is 0 Å². The van der Waals surface area contributed by atoms with Crippen LogP contribution in [0.1, 0.15) is 73.4 Å². The lowest BCUT2D eigenvalue weighted by atomic mass is 9.81. The van der Waals surface area contributed by atoms with E-state index >= 15 is 0 Å². The first-order chi connectivity index (χ1) is 21.7. The molecule has 236 valence electrons. The van der Waals surface area contributed by atoms with Gasteiger partial charge in [0.2, 0.25) is 0 Å². The number of aromatic nitrogens is 1. The monoisotopic (exact) mass is 609 g/mol. The average molecular weight is 610 g/mol. The molecule has 2 aromatic carbocycles. The Labute approximate surface area is 265 Å². The molecule has 2 aliphatic heterocycles. The van der Waals surface area contributed by atoms with E-state index in [-0.39, 0.29) is 36.0 Å². The van der Waals surface area contributed by atoms with Crippen molar-refractivity contribution in [2.75, 3.05) is 34.3 Å². The minimum absolute atomic E-state index is 0.121. The van der Waals surface area contributed by atoms with E-state index in [0.29, 0.717) is 35.9 Å². The van der Waals surface area contributed by atoms with Gasteiger partial charge in [0.1, 0.15) is 17.6 Å². The van der Waals surface area contributed by atoms with Crippen LogP contribution in [-0.4, -0.2) is 78.8 Å². The minimum atomic E-state index is -0.310. The molecular weight excluding hydrogens is 566 g/mol. The van der Waals surface area contributed by atoms with E-state index in [9.17, 15) is 14.4 Å². The number of methoxy groups -OCH3 is 1. The molecule has 3 heterocycles. The Kier molecular flexibility index (Phi) is 8.69. The SMILES string of the molecule is COc1ccc2c(c1)C=C(C(=O)/C(=C\N(C)C)C(=O)N1CC(C)OC(C)C1)Cn1c-2c(C2CCCCC2)c2ccc(C=O)cc21. The Morgan fingerprint density at radius 1 is 1.00 bits per heavy atom. The molecule has 2 atom stereocenters. The number of hydrogen-bond donors (Lipinski definition) is 0. The van der Waals surface area contributed by atoms with E-state index < -0.39 is 0 Å². The van der Waals surface area contributed by atoms with Crippen LogP contribution in [0.25, 0.3) is 28.2 Å². The second-order valence-corrected chi connectivity index (χ2v) is 13.0. The second-order valence-electron chi connectivity index (χ2n) is 13.0. The highest BCUT2D eigenvalue weighted by molar-refractivity contribution is 6.26. The number of ketones is 1. The topological polar surface area (TPSA) is 81.1 Å². The zero-order chi connectivity index (χ0) is 31.8. The van der Waals surface area contributed by atoms with E-state index in [1.807, 2.05) is 58.3 Å². The van der Waals surface area contributed by atoms with Gasteiger partial charge in [-0.05, 0) is 74.1 Å². The van der Waals surface area contributed by atoms with Crippen molar-refractivity contribution in [3.63, 3.8) is 0 Å². The Morgan fingerprint density at radius 2 is 1.73 bits per heavy atom. The van der Waals surface area contributed by atoms with Crippen LogP contribution in [0.3, 0.4) is 0 Å². The van der Waals surface area contributed by atoms with Crippen molar-refractivity contribution in [1.29, 1.82) is 0 Å². The lowest BCUT2D eigenvalue weighted by molar-refractivity contribution is -0.140. The Balaban J connectivity index is 1.54. The molecule has 0 N–H and O–H groups in total. The van der Waals surface area contributed by atoms with E-state index in [4.69, 9.17) is 9.47 Å². The number of carbonyl (C=O) groups excluding carboxylic acids is 3. The summed E-state index contributed by atoms with van der Waals surface area (Å²) in [5.74, 6) is 0.466. The number of benzene rings is 2. The number of aldehydes is 1. The lowest BCUT2D eigenvalue weighted by Gasteiger charge is -2.35. The van der Waals surface area contributed by atoms with E-state index in [1.54, 1.807) is 23.1 Å². The van der Waals surface area contributed by atoms with Crippen LogP contribution in [0.2, 0.25) is 0 Å². The fourth-order valence-corrected chi connectivity index (χ4v) is 7.43. The maximum absolute atomic E-state index is 14.6. The van der Waals surface area contributed by atoms with Gasteiger partial charge in [-0.3, -0.25) is 14.4 Å². The highest BCUT2D eigenvalue weighted by Gasteiger charge is 2.34. The Bertz CT molecular complexity index is 1700. The molecular formula is C37H43N3O5. The third-order valence-electron chi connectivity index (χ3n) is 9.31. The molecule has 0 spiro atoms. The molecule has 6 rings (SSSR count). The van der Waals surface area contributed by atoms with Gasteiger partial charge in [-0.1, -0.05) is 31.4 Å². The fraction of sp³-hybridized carbons (Fsp3) is 0.432. The normalized spacial score (nSPS) is 20.6. The molecule has 1 aliphatic carbocycles. The molecule has 3 aliphatic rings. The molecule has 1 amide bonds. The van der Waals surface area contributed by atoms with Crippen LogP contribution in [0.5, 0.6) is 5.75 Å². The summed E-state index contributed by atoms with van der Waals surface area (Å²) in [4.78, 5) is 44.1. The van der Waals surface area contributed by atoms with Gasteiger partial charge in [0.15, 0.2) is 5.78 Å². The summed E-state index contributed by atoms with van der Waals surface area (Å²) in [6.07, 6.45) is 10.0. The summed E-state index contributed by atoms with van der Waals surface area (Å²) in [6, 6.07) is 11.9. The number of fused-ring (bicyclic) bond motifs is 5. The standard InChI is InChI=1S/C37H43N3O5/c1-23-18-39(19-24(2)45-23)37(43)32(21-38(3)4)36(42)28-16-27-17-29(44-5)12-14-30(27)35-34(26-9-7-6-8-10-26)31-13-11-25(22-41)15-33(31)40(35)20-28/h11-17,21-24,26H,6-10,18-20H2,1-5H3/b32-21+. The number of morpholine rings is 1.